The molecule has 1 atom stereocenters. The summed E-state index contributed by atoms with van der Waals surface area (Å²) >= 11 is 1.80. The van der Waals surface area contributed by atoms with Crippen LogP contribution in [0, 0.1) is 0 Å². The van der Waals surface area contributed by atoms with Crippen molar-refractivity contribution in [2.24, 2.45) is 4.99 Å². The van der Waals surface area contributed by atoms with E-state index in [-0.39, 0.29) is 0 Å². The van der Waals surface area contributed by atoms with Crippen LogP contribution in [0.15, 0.2) is 28.8 Å². The fourth-order valence-corrected chi connectivity index (χ4v) is 4.03. The lowest BCUT2D eigenvalue weighted by Crippen LogP contribution is -2.45. The summed E-state index contributed by atoms with van der Waals surface area (Å²) in [5, 5.41) is 17.2. The first-order valence-electron chi connectivity index (χ1n) is 10.5. The molecule has 0 amide bonds. The third-order valence-corrected chi connectivity index (χ3v) is 6.02. The first-order valence-corrected chi connectivity index (χ1v) is 11.4. The van der Waals surface area contributed by atoms with Gasteiger partial charge in [-0.15, -0.1) is 21.5 Å². The molecule has 1 fully saturated rings. The van der Waals surface area contributed by atoms with Gasteiger partial charge in [-0.1, -0.05) is 13.0 Å². The van der Waals surface area contributed by atoms with E-state index in [4.69, 9.17) is 9.73 Å². The van der Waals surface area contributed by atoms with Gasteiger partial charge in [-0.3, -0.25) is 9.89 Å². The second-order valence-corrected chi connectivity index (χ2v) is 8.20. The molecule has 2 N–H and O–H groups in total. The molecule has 3 rings (SSSR count). The lowest BCUT2D eigenvalue weighted by Gasteiger charge is -2.31. The predicted molar refractivity (Wildman–Crippen MR) is 118 cm³/mol. The standard InChI is InChI=1S/C20H33N7OS/c1-3-19-25-24-16-27(19)9-8-22-20(21-7-6-18-5-4-14-29-18)23-15-17(2)26-10-12-28-13-11-26/h4-5,14,16-17H,3,6-13,15H2,1-2H3,(H2,21,22,23). The molecule has 0 saturated carbocycles. The molecule has 3 heterocycles. The van der Waals surface area contributed by atoms with Crippen molar-refractivity contribution >= 4 is 17.3 Å². The van der Waals surface area contributed by atoms with Crippen LogP contribution < -0.4 is 10.6 Å². The molecule has 0 aliphatic carbocycles. The van der Waals surface area contributed by atoms with Crippen molar-refractivity contribution < 1.29 is 4.74 Å². The molecule has 0 aromatic carbocycles. The summed E-state index contributed by atoms with van der Waals surface area (Å²) in [6.07, 6.45) is 3.68. The minimum Gasteiger partial charge on any atom is -0.379 e. The van der Waals surface area contributed by atoms with Gasteiger partial charge in [-0.25, -0.2) is 0 Å². The second-order valence-electron chi connectivity index (χ2n) is 7.16. The van der Waals surface area contributed by atoms with Crippen molar-refractivity contribution in [3.05, 3.63) is 34.5 Å². The Labute approximate surface area is 177 Å². The van der Waals surface area contributed by atoms with Crippen LogP contribution in [-0.4, -0.2) is 77.6 Å². The molecule has 0 radical (unpaired) electrons. The lowest BCUT2D eigenvalue weighted by molar-refractivity contribution is 0.0220. The van der Waals surface area contributed by atoms with Gasteiger partial charge in [0, 0.05) is 50.1 Å². The average molecular weight is 420 g/mol. The summed E-state index contributed by atoms with van der Waals surface area (Å²) in [5.74, 6) is 1.88. The lowest BCUT2D eigenvalue weighted by atomic mass is 10.2. The number of aliphatic imine (C=N–C) groups is 1. The van der Waals surface area contributed by atoms with Gasteiger partial charge in [-0.05, 0) is 24.8 Å². The Bertz CT molecular complexity index is 725. The fraction of sp³-hybridized carbons (Fsp3) is 0.650. The molecule has 29 heavy (non-hydrogen) atoms. The van der Waals surface area contributed by atoms with Crippen LogP contribution in [0.1, 0.15) is 24.5 Å². The number of hydrogen-bond acceptors (Lipinski definition) is 6. The fourth-order valence-electron chi connectivity index (χ4n) is 3.32. The van der Waals surface area contributed by atoms with E-state index in [9.17, 15) is 0 Å². The van der Waals surface area contributed by atoms with Crippen molar-refractivity contribution in [1.29, 1.82) is 0 Å². The number of nitrogens with one attached hydrogen (secondary N) is 2. The Hall–Kier alpha value is -1.97. The van der Waals surface area contributed by atoms with Gasteiger partial charge in [-0.2, -0.15) is 0 Å². The minimum atomic E-state index is 0.402. The third kappa shape index (κ3) is 7.09. The number of guanidine groups is 1. The number of thiophene rings is 1. The van der Waals surface area contributed by atoms with E-state index in [0.717, 1.165) is 77.1 Å². The molecule has 2 aromatic heterocycles. The summed E-state index contributed by atoms with van der Waals surface area (Å²) in [4.78, 5) is 8.68. The number of ether oxygens (including phenoxy) is 1. The molecule has 0 spiro atoms. The van der Waals surface area contributed by atoms with Gasteiger partial charge in [0.15, 0.2) is 5.96 Å². The molecule has 8 nitrogen and oxygen atoms in total. The zero-order valence-corrected chi connectivity index (χ0v) is 18.3. The number of aryl methyl sites for hydroxylation is 1. The van der Waals surface area contributed by atoms with Crippen LogP contribution in [0.5, 0.6) is 0 Å². The zero-order chi connectivity index (χ0) is 20.3. The number of nitrogens with zero attached hydrogens (tertiary/aromatic N) is 5. The number of rotatable bonds is 10. The maximum atomic E-state index is 5.46. The third-order valence-electron chi connectivity index (χ3n) is 5.08. The summed E-state index contributed by atoms with van der Waals surface area (Å²) < 4.78 is 7.55. The van der Waals surface area contributed by atoms with Gasteiger partial charge < -0.3 is 19.9 Å². The summed E-state index contributed by atoms with van der Waals surface area (Å²) in [6, 6.07) is 4.68. The van der Waals surface area contributed by atoms with E-state index in [2.05, 4.69) is 61.7 Å². The molecular weight excluding hydrogens is 386 g/mol. The Morgan fingerprint density at radius 1 is 1.31 bits per heavy atom. The molecule has 160 valence electrons. The highest BCUT2D eigenvalue weighted by Gasteiger charge is 2.16. The van der Waals surface area contributed by atoms with Gasteiger partial charge in [0.2, 0.25) is 0 Å². The van der Waals surface area contributed by atoms with E-state index >= 15 is 0 Å². The highest BCUT2D eigenvalue weighted by Crippen LogP contribution is 2.08. The van der Waals surface area contributed by atoms with Crippen molar-refractivity contribution in [3.8, 4) is 0 Å². The van der Waals surface area contributed by atoms with Crippen LogP contribution in [0.3, 0.4) is 0 Å². The van der Waals surface area contributed by atoms with E-state index in [1.807, 2.05) is 0 Å². The number of hydrogen-bond donors (Lipinski definition) is 2. The van der Waals surface area contributed by atoms with Crippen molar-refractivity contribution in [2.75, 3.05) is 45.9 Å². The molecule has 1 aliphatic rings. The monoisotopic (exact) mass is 419 g/mol. The topological polar surface area (TPSA) is 79.6 Å². The summed E-state index contributed by atoms with van der Waals surface area (Å²) in [6.45, 7) is 11.2. The quantitative estimate of drug-likeness (QED) is 0.448. The van der Waals surface area contributed by atoms with Crippen LogP contribution in [0.25, 0.3) is 0 Å². The van der Waals surface area contributed by atoms with Crippen LogP contribution >= 0.6 is 11.3 Å². The largest absolute Gasteiger partial charge is 0.379 e. The Balaban J connectivity index is 1.51. The van der Waals surface area contributed by atoms with Crippen LogP contribution in [0.4, 0.5) is 0 Å². The number of aromatic nitrogens is 3. The highest BCUT2D eigenvalue weighted by atomic mass is 32.1. The molecule has 1 aliphatic heterocycles. The molecule has 2 aromatic rings. The van der Waals surface area contributed by atoms with E-state index in [0.29, 0.717) is 6.04 Å². The molecule has 0 bridgehead atoms. The minimum absolute atomic E-state index is 0.402. The maximum absolute atomic E-state index is 5.46. The van der Waals surface area contributed by atoms with Crippen molar-refractivity contribution in [2.45, 2.75) is 39.3 Å². The van der Waals surface area contributed by atoms with Crippen molar-refractivity contribution in [3.63, 3.8) is 0 Å². The molecular formula is C20H33N7OS. The number of morpholine rings is 1. The Morgan fingerprint density at radius 2 is 2.14 bits per heavy atom. The van der Waals surface area contributed by atoms with Crippen LogP contribution in [0.2, 0.25) is 0 Å². The average Bonchev–Trinajstić information content (AvgIpc) is 3.43. The van der Waals surface area contributed by atoms with E-state index in [1.165, 1.54) is 4.88 Å². The first kappa shape index (κ1) is 21.7. The smallest absolute Gasteiger partial charge is 0.191 e. The maximum Gasteiger partial charge on any atom is 0.191 e. The predicted octanol–water partition coefficient (Wildman–Crippen LogP) is 1.40. The molecule has 1 unspecified atom stereocenters. The van der Waals surface area contributed by atoms with Gasteiger partial charge in [0.25, 0.3) is 0 Å². The first-order chi connectivity index (χ1) is 14.3. The SMILES string of the molecule is CCc1nncn1CCNC(=NCC(C)N1CCOCC1)NCCc1cccs1. The van der Waals surface area contributed by atoms with E-state index < -0.39 is 0 Å². The van der Waals surface area contributed by atoms with Crippen LogP contribution in [-0.2, 0) is 24.1 Å². The molecule has 9 heteroatoms. The normalized spacial score (nSPS) is 16.7. The van der Waals surface area contributed by atoms with Gasteiger partial charge in [0.05, 0.1) is 19.8 Å². The highest BCUT2D eigenvalue weighted by molar-refractivity contribution is 7.09. The Morgan fingerprint density at radius 3 is 2.90 bits per heavy atom. The Kier molecular flexibility index (Phi) is 8.91. The summed E-state index contributed by atoms with van der Waals surface area (Å²) in [5.41, 5.74) is 0. The summed E-state index contributed by atoms with van der Waals surface area (Å²) in [7, 11) is 0. The molecule has 1 saturated heterocycles. The second kappa shape index (κ2) is 11.9. The zero-order valence-electron chi connectivity index (χ0n) is 17.5. The van der Waals surface area contributed by atoms with Gasteiger partial charge >= 0.3 is 0 Å². The van der Waals surface area contributed by atoms with Crippen molar-refractivity contribution in [1.82, 2.24) is 30.3 Å². The van der Waals surface area contributed by atoms with E-state index in [1.54, 1.807) is 17.7 Å². The van der Waals surface area contributed by atoms with Gasteiger partial charge in [0.1, 0.15) is 12.2 Å².